The Bertz CT molecular complexity index is 590. The number of anilines is 1. The number of halogens is 1. The summed E-state index contributed by atoms with van der Waals surface area (Å²) in [5, 5.41) is 1.81. The first-order valence-corrected chi connectivity index (χ1v) is 5.92. The minimum absolute atomic E-state index is 0.761. The Morgan fingerprint density at radius 2 is 2.12 bits per heavy atom. The number of aromatic nitrogens is 1. The quantitative estimate of drug-likeness (QED) is 0.757. The van der Waals surface area contributed by atoms with Gasteiger partial charge in [0.25, 0.3) is 0 Å². The molecule has 1 heterocycles. The van der Waals surface area contributed by atoms with E-state index in [4.69, 9.17) is 22.3 Å². The Balaban J connectivity index is 2.46. The van der Waals surface area contributed by atoms with Crippen molar-refractivity contribution in [3.63, 3.8) is 0 Å². The number of fused-ring (bicyclic) bond motifs is 2. The fourth-order valence-electron chi connectivity index (χ4n) is 2.48. The lowest BCUT2D eigenvalue weighted by Gasteiger charge is -2.10. The SMILES string of the molecule is Cc1c(Cl)ccc2c(N)c3c(nc12)CCC3. The first-order valence-electron chi connectivity index (χ1n) is 5.54. The molecule has 0 unspecified atom stereocenters. The molecule has 0 saturated heterocycles. The van der Waals surface area contributed by atoms with E-state index in [-0.39, 0.29) is 0 Å². The van der Waals surface area contributed by atoms with Gasteiger partial charge in [0.05, 0.1) is 5.52 Å². The molecule has 0 amide bonds. The summed E-state index contributed by atoms with van der Waals surface area (Å²) in [6, 6.07) is 3.88. The molecule has 0 aliphatic heterocycles. The van der Waals surface area contributed by atoms with Crippen molar-refractivity contribution in [2.45, 2.75) is 26.2 Å². The van der Waals surface area contributed by atoms with Crippen LogP contribution in [0.2, 0.25) is 5.02 Å². The molecule has 2 nitrogen and oxygen atoms in total. The number of hydrogen-bond acceptors (Lipinski definition) is 2. The topological polar surface area (TPSA) is 38.9 Å². The van der Waals surface area contributed by atoms with Gasteiger partial charge in [0, 0.05) is 21.8 Å². The van der Waals surface area contributed by atoms with E-state index in [1.165, 1.54) is 5.56 Å². The molecule has 0 fully saturated rings. The molecule has 0 atom stereocenters. The summed E-state index contributed by atoms with van der Waals surface area (Å²) in [6.45, 7) is 2.00. The van der Waals surface area contributed by atoms with Crippen molar-refractivity contribution in [2.24, 2.45) is 0 Å². The van der Waals surface area contributed by atoms with Gasteiger partial charge in [-0.15, -0.1) is 0 Å². The fourth-order valence-corrected chi connectivity index (χ4v) is 2.63. The zero-order chi connectivity index (χ0) is 11.3. The molecule has 1 aromatic carbocycles. The Morgan fingerprint density at radius 1 is 1.31 bits per heavy atom. The summed E-state index contributed by atoms with van der Waals surface area (Å²) < 4.78 is 0. The van der Waals surface area contributed by atoms with Crippen molar-refractivity contribution in [2.75, 3.05) is 5.73 Å². The highest BCUT2D eigenvalue weighted by Gasteiger charge is 2.18. The maximum Gasteiger partial charge on any atom is 0.0770 e. The van der Waals surface area contributed by atoms with Crippen LogP contribution in [0.5, 0.6) is 0 Å². The molecule has 16 heavy (non-hydrogen) atoms. The van der Waals surface area contributed by atoms with Gasteiger partial charge in [0.2, 0.25) is 0 Å². The van der Waals surface area contributed by atoms with Crippen molar-refractivity contribution in [3.8, 4) is 0 Å². The van der Waals surface area contributed by atoms with E-state index in [9.17, 15) is 0 Å². The van der Waals surface area contributed by atoms with Gasteiger partial charge < -0.3 is 5.73 Å². The first-order chi connectivity index (χ1) is 7.68. The second kappa shape index (κ2) is 3.36. The second-order valence-corrected chi connectivity index (χ2v) is 4.78. The van der Waals surface area contributed by atoms with Gasteiger partial charge in [-0.1, -0.05) is 11.6 Å². The monoisotopic (exact) mass is 232 g/mol. The predicted octanol–water partition coefficient (Wildman–Crippen LogP) is 3.27. The number of nitrogens with two attached hydrogens (primary N) is 1. The molecule has 0 radical (unpaired) electrons. The van der Waals surface area contributed by atoms with Crippen LogP contribution in [-0.4, -0.2) is 4.98 Å². The van der Waals surface area contributed by atoms with Crippen LogP contribution >= 0.6 is 11.6 Å². The maximum absolute atomic E-state index is 6.21. The molecule has 2 aromatic rings. The minimum atomic E-state index is 0.761. The van der Waals surface area contributed by atoms with E-state index < -0.39 is 0 Å². The number of hydrogen-bond donors (Lipinski definition) is 1. The highest BCUT2D eigenvalue weighted by Crippen LogP contribution is 2.34. The number of rotatable bonds is 0. The summed E-state index contributed by atoms with van der Waals surface area (Å²) in [5.41, 5.74) is 11.5. The fraction of sp³-hybridized carbons (Fsp3) is 0.308. The van der Waals surface area contributed by atoms with Crippen molar-refractivity contribution >= 4 is 28.2 Å². The van der Waals surface area contributed by atoms with Gasteiger partial charge in [-0.3, -0.25) is 4.98 Å². The molecule has 0 bridgehead atoms. The van der Waals surface area contributed by atoms with Crippen LogP contribution in [0.1, 0.15) is 23.2 Å². The highest BCUT2D eigenvalue weighted by atomic mass is 35.5. The van der Waals surface area contributed by atoms with Crippen LogP contribution in [0.15, 0.2) is 12.1 Å². The van der Waals surface area contributed by atoms with Gasteiger partial charge in [0.1, 0.15) is 0 Å². The summed E-state index contributed by atoms with van der Waals surface area (Å²) in [6.07, 6.45) is 3.27. The highest BCUT2D eigenvalue weighted by molar-refractivity contribution is 6.32. The summed E-state index contributed by atoms with van der Waals surface area (Å²) in [7, 11) is 0. The van der Waals surface area contributed by atoms with Crippen LogP contribution < -0.4 is 5.73 Å². The molecule has 0 spiro atoms. The molecule has 1 aliphatic carbocycles. The lowest BCUT2D eigenvalue weighted by Crippen LogP contribution is -1.99. The molecule has 3 heteroatoms. The van der Waals surface area contributed by atoms with Gasteiger partial charge in [0.15, 0.2) is 0 Å². The van der Waals surface area contributed by atoms with Crippen LogP contribution in [0.4, 0.5) is 5.69 Å². The van der Waals surface area contributed by atoms with Crippen molar-refractivity contribution in [3.05, 3.63) is 34.0 Å². The average Bonchev–Trinajstić information content (AvgIpc) is 2.73. The maximum atomic E-state index is 6.21. The molecule has 1 aliphatic rings. The molecule has 82 valence electrons. The van der Waals surface area contributed by atoms with Crippen LogP contribution in [0, 0.1) is 6.92 Å². The third-order valence-electron chi connectivity index (χ3n) is 3.42. The molecule has 1 aromatic heterocycles. The van der Waals surface area contributed by atoms with E-state index in [0.29, 0.717) is 0 Å². The third kappa shape index (κ3) is 1.23. The van der Waals surface area contributed by atoms with E-state index in [2.05, 4.69) is 0 Å². The lowest BCUT2D eigenvalue weighted by atomic mass is 10.0. The zero-order valence-electron chi connectivity index (χ0n) is 9.18. The number of pyridine rings is 1. The Labute approximate surface area is 99.4 Å². The summed E-state index contributed by atoms with van der Waals surface area (Å²) in [4.78, 5) is 4.71. The largest absolute Gasteiger partial charge is 0.398 e. The van der Waals surface area contributed by atoms with E-state index in [0.717, 1.165) is 52.1 Å². The van der Waals surface area contributed by atoms with Crippen molar-refractivity contribution in [1.29, 1.82) is 0 Å². The Kier molecular flexibility index (Phi) is 2.08. The van der Waals surface area contributed by atoms with E-state index >= 15 is 0 Å². The third-order valence-corrected chi connectivity index (χ3v) is 3.83. The molecule has 0 saturated carbocycles. The minimum Gasteiger partial charge on any atom is -0.398 e. The molecular weight excluding hydrogens is 220 g/mol. The average molecular weight is 233 g/mol. The molecule has 3 rings (SSSR count). The lowest BCUT2D eigenvalue weighted by molar-refractivity contribution is 0.901. The van der Waals surface area contributed by atoms with E-state index in [1.807, 2.05) is 19.1 Å². The van der Waals surface area contributed by atoms with Crippen LogP contribution in [-0.2, 0) is 12.8 Å². The van der Waals surface area contributed by atoms with Gasteiger partial charge in [-0.05, 0) is 49.4 Å². The number of aryl methyl sites for hydroxylation is 2. The van der Waals surface area contributed by atoms with Gasteiger partial charge >= 0.3 is 0 Å². The van der Waals surface area contributed by atoms with Crippen LogP contribution in [0.3, 0.4) is 0 Å². The number of benzene rings is 1. The van der Waals surface area contributed by atoms with Gasteiger partial charge in [-0.2, -0.15) is 0 Å². The number of nitrogen functional groups attached to an aromatic ring is 1. The first kappa shape index (κ1) is 9.91. The predicted molar refractivity (Wildman–Crippen MR) is 67.9 cm³/mol. The summed E-state index contributed by atoms with van der Waals surface area (Å²) in [5.74, 6) is 0. The van der Waals surface area contributed by atoms with Crippen molar-refractivity contribution in [1.82, 2.24) is 4.98 Å². The summed E-state index contributed by atoms with van der Waals surface area (Å²) >= 11 is 6.11. The van der Waals surface area contributed by atoms with Crippen LogP contribution in [0.25, 0.3) is 10.9 Å². The van der Waals surface area contributed by atoms with E-state index in [1.54, 1.807) is 0 Å². The second-order valence-electron chi connectivity index (χ2n) is 4.37. The van der Waals surface area contributed by atoms with Gasteiger partial charge in [-0.25, -0.2) is 0 Å². The normalized spacial score (nSPS) is 14.4. The molecule has 2 N–H and O–H groups in total. The Morgan fingerprint density at radius 3 is 2.94 bits per heavy atom. The standard InChI is InChI=1S/C13H13ClN2/c1-7-10(14)6-5-9-12(15)8-3-2-4-11(8)16-13(7)9/h5-6H,2-4H2,1H3,(H2,15,16). The zero-order valence-corrected chi connectivity index (χ0v) is 9.93. The Hall–Kier alpha value is -1.28. The van der Waals surface area contributed by atoms with Crippen molar-refractivity contribution < 1.29 is 0 Å². The number of nitrogens with zero attached hydrogens (tertiary/aromatic N) is 1. The smallest absolute Gasteiger partial charge is 0.0770 e. The molecular formula is C13H13ClN2.